The second-order valence-corrected chi connectivity index (χ2v) is 12.6. The highest BCUT2D eigenvalue weighted by molar-refractivity contribution is 7.91. The van der Waals surface area contributed by atoms with Crippen LogP contribution < -0.4 is 10.6 Å². The first kappa shape index (κ1) is 24.6. The summed E-state index contributed by atoms with van der Waals surface area (Å²) < 4.78 is 31.2. The van der Waals surface area contributed by atoms with Crippen molar-refractivity contribution in [2.45, 2.75) is 11.8 Å². The normalized spacial score (nSPS) is 11.6. The number of benzene rings is 4. The summed E-state index contributed by atoms with van der Waals surface area (Å²) in [4.78, 5) is -0.178. The monoisotopic (exact) mass is 474 g/mol. The molecule has 5 heteroatoms. The number of aryl methyl sites for hydroxylation is 1. The third-order valence-corrected chi connectivity index (χ3v) is 9.60. The topological polar surface area (TPSA) is 57.2 Å². The largest absolute Gasteiger partial charge is 0.744 e. The zero-order valence-electron chi connectivity index (χ0n) is 18.7. The minimum Gasteiger partial charge on any atom is -0.744 e. The maximum absolute atomic E-state index is 10.4. The van der Waals surface area contributed by atoms with E-state index in [1.165, 1.54) is 28.3 Å². The van der Waals surface area contributed by atoms with Gasteiger partial charge >= 0.3 is 0 Å². The van der Waals surface area contributed by atoms with E-state index in [0.29, 0.717) is 0 Å². The summed E-state index contributed by atoms with van der Waals surface area (Å²) in [5.74, 6) is 2.41. The molecule has 0 aliphatic carbocycles. The van der Waals surface area contributed by atoms with E-state index in [0.717, 1.165) is 5.56 Å². The summed E-state index contributed by atoms with van der Waals surface area (Å²) in [6.07, 6.45) is 2.26. The Balaban J connectivity index is 0.000000235. The molecule has 168 valence electrons. The fraction of sp³-hybridized carbons (Fsp3) is 0.0714. The van der Waals surface area contributed by atoms with Crippen LogP contribution in [0.4, 0.5) is 0 Å². The molecule has 0 unspecified atom stereocenters. The van der Waals surface area contributed by atoms with Crippen LogP contribution in [0.1, 0.15) is 11.1 Å². The van der Waals surface area contributed by atoms with Gasteiger partial charge in [0.1, 0.15) is 28.0 Å². The van der Waals surface area contributed by atoms with Crippen molar-refractivity contribution in [3.8, 4) is 0 Å². The number of hydrogen-bond acceptors (Lipinski definition) is 3. The smallest absolute Gasteiger partial charge is 0.124 e. The van der Waals surface area contributed by atoms with E-state index in [1.807, 2.05) is 6.92 Å². The third-order valence-electron chi connectivity index (χ3n) is 5.26. The van der Waals surface area contributed by atoms with E-state index in [1.54, 1.807) is 12.1 Å². The molecule has 0 N–H and O–H groups in total. The highest BCUT2D eigenvalue weighted by atomic mass is 32.2. The predicted molar refractivity (Wildman–Crippen MR) is 140 cm³/mol. The Morgan fingerprint density at radius 1 is 0.667 bits per heavy atom. The fourth-order valence-corrected chi connectivity index (χ4v) is 6.47. The number of rotatable bonds is 5. The molecule has 0 fully saturated rings. The fourth-order valence-electron chi connectivity index (χ4n) is 3.30. The lowest BCUT2D eigenvalue weighted by Crippen LogP contribution is -2.19. The van der Waals surface area contributed by atoms with E-state index in [-0.39, 0.29) is 4.90 Å². The summed E-state index contributed by atoms with van der Waals surface area (Å²) in [6, 6.07) is 38.0. The van der Waals surface area contributed by atoms with Gasteiger partial charge in [-0.2, -0.15) is 0 Å². The van der Waals surface area contributed by atoms with E-state index < -0.39 is 17.4 Å². The SMILES string of the molecule is C[P+](C=Cc1ccccc1)(c1ccccc1)c1ccccc1.Cc1ccc(S(=O)(=O)[O-])cc1. The lowest BCUT2D eigenvalue weighted by Gasteiger charge is -2.19. The summed E-state index contributed by atoms with van der Waals surface area (Å²) in [6.45, 7) is 4.21. The van der Waals surface area contributed by atoms with Crippen molar-refractivity contribution >= 4 is 34.1 Å². The molecule has 4 aromatic rings. The lowest BCUT2D eigenvalue weighted by molar-refractivity contribution is 0.463. The van der Waals surface area contributed by atoms with Crippen molar-refractivity contribution in [1.29, 1.82) is 0 Å². The van der Waals surface area contributed by atoms with Gasteiger partial charge in [-0.1, -0.05) is 84.4 Å². The van der Waals surface area contributed by atoms with Crippen LogP contribution >= 0.6 is 7.26 Å². The number of hydrogen-bond donors (Lipinski definition) is 0. The van der Waals surface area contributed by atoms with Crippen LogP contribution in [0.25, 0.3) is 6.08 Å². The zero-order valence-corrected chi connectivity index (χ0v) is 20.4. The molecule has 33 heavy (non-hydrogen) atoms. The molecule has 0 spiro atoms. The minimum atomic E-state index is -4.27. The first-order chi connectivity index (χ1) is 15.8. The molecule has 0 heterocycles. The third kappa shape index (κ3) is 6.97. The summed E-state index contributed by atoms with van der Waals surface area (Å²) >= 11 is 0. The highest BCUT2D eigenvalue weighted by Crippen LogP contribution is 2.54. The average molecular weight is 475 g/mol. The van der Waals surface area contributed by atoms with Gasteiger partial charge < -0.3 is 4.55 Å². The Morgan fingerprint density at radius 3 is 1.52 bits per heavy atom. The molecule has 0 aliphatic heterocycles. The minimum absolute atomic E-state index is 0.178. The highest BCUT2D eigenvalue weighted by Gasteiger charge is 2.34. The molecule has 0 saturated carbocycles. The quantitative estimate of drug-likeness (QED) is 0.269. The van der Waals surface area contributed by atoms with Gasteiger partial charge in [0.05, 0.1) is 17.4 Å². The Hall–Kier alpha value is -3.04. The average Bonchev–Trinajstić information content (AvgIpc) is 2.84. The molecule has 0 bridgehead atoms. The van der Waals surface area contributed by atoms with Gasteiger partial charge in [0.15, 0.2) is 0 Å². The van der Waals surface area contributed by atoms with Crippen molar-refractivity contribution < 1.29 is 13.0 Å². The Bertz CT molecular complexity index is 1230. The molecule has 0 saturated heterocycles. The molecule has 4 rings (SSSR count). The predicted octanol–water partition coefficient (Wildman–Crippen LogP) is 5.85. The first-order valence-corrected chi connectivity index (χ1v) is 14.2. The van der Waals surface area contributed by atoms with Gasteiger partial charge in [0.2, 0.25) is 0 Å². The van der Waals surface area contributed by atoms with Crippen molar-refractivity contribution in [2.24, 2.45) is 0 Å². The summed E-state index contributed by atoms with van der Waals surface area (Å²) in [5, 5.41) is 2.82. The second kappa shape index (κ2) is 11.2. The van der Waals surface area contributed by atoms with Gasteiger partial charge in [-0.25, -0.2) is 8.42 Å². The summed E-state index contributed by atoms with van der Waals surface area (Å²) in [5.41, 5.74) is 2.18. The zero-order chi connectivity index (χ0) is 23.7. The second-order valence-electron chi connectivity index (χ2n) is 7.74. The van der Waals surface area contributed by atoms with E-state index in [4.69, 9.17) is 0 Å². The van der Waals surface area contributed by atoms with Gasteiger partial charge in [-0.15, -0.1) is 0 Å². The first-order valence-electron chi connectivity index (χ1n) is 10.5. The van der Waals surface area contributed by atoms with Crippen LogP contribution in [-0.4, -0.2) is 19.6 Å². The van der Waals surface area contributed by atoms with Crippen molar-refractivity contribution in [3.63, 3.8) is 0 Å². The Morgan fingerprint density at radius 2 is 1.09 bits per heavy atom. The van der Waals surface area contributed by atoms with Gasteiger partial charge in [0.25, 0.3) is 0 Å². The van der Waals surface area contributed by atoms with Crippen molar-refractivity contribution in [3.05, 3.63) is 132 Å². The Kier molecular flexibility index (Phi) is 8.35. The standard InChI is InChI=1S/C21H20P.C7H8O3S/c1-22(20-13-7-3-8-14-20,21-15-9-4-10-16-21)18-17-19-11-5-2-6-12-19;1-6-2-4-7(5-3-6)11(8,9)10/h2-18H,1H3;2-5H,1H3,(H,8,9,10)/q+1;/p-1. The molecule has 0 atom stereocenters. The van der Waals surface area contributed by atoms with Crippen LogP contribution in [0.3, 0.4) is 0 Å². The van der Waals surface area contributed by atoms with Crippen LogP contribution in [0.5, 0.6) is 0 Å². The van der Waals surface area contributed by atoms with Gasteiger partial charge in [-0.3, -0.25) is 0 Å². The van der Waals surface area contributed by atoms with Crippen LogP contribution in [0.15, 0.2) is 126 Å². The van der Waals surface area contributed by atoms with Crippen LogP contribution in [0.2, 0.25) is 0 Å². The molecule has 0 amide bonds. The van der Waals surface area contributed by atoms with Crippen molar-refractivity contribution in [2.75, 3.05) is 6.66 Å². The molecule has 0 aromatic heterocycles. The summed E-state index contributed by atoms with van der Waals surface area (Å²) in [7, 11) is -5.79. The maximum atomic E-state index is 10.4. The molecular formula is C28H27O3PS. The van der Waals surface area contributed by atoms with Crippen LogP contribution in [0, 0.1) is 6.92 Å². The van der Waals surface area contributed by atoms with E-state index >= 15 is 0 Å². The molecule has 0 radical (unpaired) electrons. The Labute approximate surface area is 197 Å². The maximum Gasteiger partial charge on any atom is 0.124 e. The lowest BCUT2D eigenvalue weighted by atomic mass is 10.2. The van der Waals surface area contributed by atoms with Crippen LogP contribution in [-0.2, 0) is 10.1 Å². The molecule has 3 nitrogen and oxygen atoms in total. The molecular weight excluding hydrogens is 447 g/mol. The van der Waals surface area contributed by atoms with E-state index in [9.17, 15) is 13.0 Å². The molecule has 4 aromatic carbocycles. The van der Waals surface area contributed by atoms with E-state index in [2.05, 4.69) is 110 Å². The van der Waals surface area contributed by atoms with Gasteiger partial charge in [-0.05, 0) is 55.0 Å². The molecule has 0 aliphatic rings. The van der Waals surface area contributed by atoms with Gasteiger partial charge in [0, 0.05) is 0 Å². The van der Waals surface area contributed by atoms with Crippen molar-refractivity contribution in [1.82, 2.24) is 0 Å².